The van der Waals surface area contributed by atoms with Crippen molar-refractivity contribution >= 4 is 11.9 Å². The number of carbonyl (C=O) groups is 2. The molecule has 0 rings (SSSR count). The lowest BCUT2D eigenvalue weighted by Gasteiger charge is -2.28. The second-order valence-corrected chi connectivity index (χ2v) is 7.23. The van der Waals surface area contributed by atoms with E-state index in [4.69, 9.17) is 9.84 Å². The third-order valence-corrected chi connectivity index (χ3v) is 3.43. The molecule has 0 aliphatic heterocycles. The van der Waals surface area contributed by atoms with Gasteiger partial charge < -0.3 is 19.4 Å². The highest BCUT2D eigenvalue weighted by Crippen LogP contribution is 2.08. The number of rotatable bonds is 13. The standard InChI is InChI=1S/C19H33NO5/c1-5-6-7-8-9-10-11-12-13-17(21)19(24)25-16(14-18(22)23)15-20(2,3)4/h9-12,16-17,21H,5-8,13-15H2,1-4H3/p+1/b10-9+,12-11+. The van der Waals surface area contributed by atoms with Gasteiger partial charge in [0, 0.05) is 6.42 Å². The van der Waals surface area contributed by atoms with Crippen molar-refractivity contribution in [1.29, 1.82) is 0 Å². The normalized spacial score (nSPS) is 14.8. The van der Waals surface area contributed by atoms with E-state index < -0.39 is 24.1 Å². The maximum Gasteiger partial charge on any atom is 0.335 e. The minimum atomic E-state index is -1.28. The van der Waals surface area contributed by atoms with Gasteiger partial charge in [-0.05, 0) is 12.8 Å². The largest absolute Gasteiger partial charge is 0.481 e. The van der Waals surface area contributed by atoms with Crippen LogP contribution >= 0.6 is 0 Å². The smallest absolute Gasteiger partial charge is 0.335 e. The second-order valence-electron chi connectivity index (χ2n) is 7.23. The first-order valence-electron chi connectivity index (χ1n) is 8.88. The number of unbranched alkanes of at least 4 members (excludes halogenated alkanes) is 3. The van der Waals surface area contributed by atoms with E-state index in [0.717, 1.165) is 12.8 Å². The Morgan fingerprint density at radius 2 is 1.76 bits per heavy atom. The van der Waals surface area contributed by atoms with Crippen LogP contribution in [0.4, 0.5) is 0 Å². The summed E-state index contributed by atoms with van der Waals surface area (Å²) in [6.07, 6.45) is 9.86. The van der Waals surface area contributed by atoms with Crippen molar-refractivity contribution < 1.29 is 29.0 Å². The van der Waals surface area contributed by atoms with Crippen molar-refractivity contribution in [3.05, 3.63) is 24.3 Å². The maximum absolute atomic E-state index is 11.9. The number of hydrogen-bond donors (Lipinski definition) is 2. The Bertz CT molecular complexity index is 451. The highest BCUT2D eigenvalue weighted by Gasteiger charge is 2.27. The number of ether oxygens (including phenoxy) is 1. The van der Waals surface area contributed by atoms with Crippen molar-refractivity contribution in [2.24, 2.45) is 0 Å². The molecule has 0 amide bonds. The molecule has 0 spiro atoms. The zero-order valence-electron chi connectivity index (χ0n) is 16.0. The summed E-state index contributed by atoms with van der Waals surface area (Å²) in [7, 11) is 5.65. The molecule has 25 heavy (non-hydrogen) atoms. The van der Waals surface area contributed by atoms with Gasteiger partial charge in [-0.2, -0.15) is 0 Å². The number of carboxylic acids is 1. The fourth-order valence-electron chi connectivity index (χ4n) is 2.26. The molecule has 0 saturated heterocycles. The van der Waals surface area contributed by atoms with E-state index >= 15 is 0 Å². The SMILES string of the molecule is CCCCC/C=C/C=C/CC(O)C(=O)OC(CC(=O)O)C[N+](C)(C)C. The molecule has 0 fully saturated rings. The van der Waals surface area contributed by atoms with Crippen molar-refractivity contribution in [2.45, 2.75) is 57.7 Å². The highest BCUT2D eigenvalue weighted by atomic mass is 16.6. The first kappa shape index (κ1) is 23.3. The molecule has 2 atom stereocenters. The summed E-state index contributed by atoms with van der Waals surface area (Å²) in [5.41, 5.74) is 0. The lowest BCUT2D eigenvalue weighted by molar-refractivity contribution is -0.873. The van der Waals surface area contributed by atoms with Gasteiger partial charge in [0.2, 0.25) is 0 Å². The Morgan fingerprint density at radius 3 is 2.32 bits per heavy atom. The number of hydrogen-bond acceptors (Lipinski definition) is 4. The van der Waals surface area contributed by atoms with Crippen LogP contribution in [0.3, 0.4) is 0 Å². The van der Waals surface area contributed by atoms with Crippen LogP contribution in [0.15, 0.2) is 24.3 Å². The molecule has 0 bridgehead atoms. The minimum absolute atomic E-state index is 0.141. The molecule has 6 nitrogen and oxygen atoms in total. The predicted octanol–water partition coefficient (Wildman–Crippen LogP) is 2.52. The van der Waals surface area contributed by atoms with E-state index in [1.165, 1.54) is 12.8 Å². The van der Waals surface area contributed by atoms with Crippen LogP contribution in [0, 0.1) is 0 Å². The van der Waals surface area contributed by atoms with Crippen molar-refractivity contribution in [3.63, 3.8) is 0 Å². The molecule has 0 heterocycles. The third-order valence-electron chi connectivity index (χ3n) is 3.43. The molecule has 0 saturated carbocycles. The number of carbonyl (C=O) groups excluding carboxylic acids is 1. The fraction of sp³-hybridized carbons (Fsp3) is 0.684. The van der Waals surface area contributed by atoms with Gasteiger partial charge in [-0.15, -0.1) is 0 Å². The Morgan fingerprint density at radius 1 is 1.12 bits per heavy atom. The summed E-state index contributed by atoms with van der Waals surface area (Å²) >= 11 is 0. The summed E-state index contributed by atoms with van der Waals surface area (Å²) in [6, 6.07) is 0. The number of carboxylic acid groups (broad SMARTS) is 1. The maximum atomic E-state index is 11.9. The molecule has 0 aromatic carbocycles. The van der Waals surface area contributed by atoms with Gasteiger partial charge in [-0.25, -0.2) is 4.79 Å². The Labute approximate surface area is 151 Å². The first-order valence-corrected chi connectivity index (χ1v) is 8.88. The molecular formula is C19H34NO5+. The van der Waals surface area contributed by atoms with E-state index in [-0.39, 0.29) is 12.8 Å². The first-order chi connectivity index (χ1) is 11.7. The van der Waals surface area contributed by atoms with Crippen LogP contribution in [-0.4, -0.2) is 66.5 Å². The van der Waals surface area contributed by atoms with Crippen molar-refractivity contribution in [1.82, 2.24) is 0 Å². The number of nitrogens with zero attached hydrogens (tertiary/aromatic N) is 1. The third kappa shape index (κ3) is 14.4. The van der Waals surface area contributed by atoms with E-state index in [1.54, 1.807) is 12.2 Å². The second kappa shape index (κ2) is 12.7. The van der Waals surface area contributed by atoms with Crippen LogP contribution in [0.5, 0.6) is 0 Å². The summed E-state index contributed by atoms with van der Waals surface area (Å²) in [5.74, 6) is -1.81. The number of allylic oxidation sites excluding steroid dienone is 3. The summed E-state index contributed by atoms with van der Waals surface area (Å²) < 4.78 is 5.65. The Kier molecular flexibility index (Phi) is 11.8. The topological polar surface area (TPSA) is 83.8 Å². The van der Waals surface area contributed by atoms with Gasteiger partial charge >= 0.3 is 11.9 Å². The Balaban J connectivity index is 4.33. The molecule has 0 radical (unpaired) electrons. The summed E-state index contributed by atoms with van der Waals surface area (Å²) in [6.45, 7) is 2.52. The van der Waals surface area contributed by atoms with E-state index in [9.17, 15) is 14.7 Å². The van der Waals surface area contributed by atoms with Crippen molar-refractivity contribution in [3.8, 4) is 0 Å². The number of quaternary nitrogens is 1. The fourth-order valence-corrected chi connectivity index (χ4v) is 2.26. The summed E-state index contributed by atoms with van der Waals surface area (Å²) in [5, 5.41) is 18.8. The van der Waals surface area contributed by atoms with E-state index in [0.29, 0.717) is 11.0 Å². The number of aliphatic carboxylic acids is 1. The van der Waals surface area contributed by atoms with Gasteiger partial charge in [0.1, 0.15) is 6.54 Å². The lowest BCUT2D eigenvalue weighted by Crippen LogP contribution is -2.44. The number of esters is 1. The Hall–Kier alpha value is -1.66. The van der Waals surface area contributed by atoms with E-state index in [1.807, 2.05) is 27.2 Å². The molecule has 2 unspecified atom stereocenters. The van der Waals surface area contributed by atoms with Gasteiger partial charge in [0.25, 0.3) is 0 Å². The van der Waals surface area contributed by atoms with Crippen LogP contribution in [-0.2, 0) is 14.3 Å². The summed E-state index contributed by atoms with van der Waals surface area (Å²) in [4.78, 5) is 22.8. The van der Waals surface area contributed by atoms with Crippen LogP contribution in [0.1, 0.15) is 45.4 Å². The average molecular weight is 356 g/mol. The number of aliphatic hydroxyl groups is 1. The number of aliphatic hydroxyl groups excluding tert-OH is 1. The monoisotopic (exact) mass is 356 g/mol. The van der Waals surface area contributed by atoms with Crippen LogP contribution in [0.2, 0.25) is 0 Å². The van der Waals surface area contributed by atoms with Crippen LogP contribution in [0.25, 0.3) is 0 Å². The lowest BCUT2D eigenvalue weighted by atomic mass is 10.2. The molecule has 0 aromatic rings. The van der Waals surface area contributed by atoms with Gasteiger partial charge in [0.15, 0.2) is 12.2 Å². The van der Waals surface area contributed by atoms with Crippen LogP contribution < -0.4 is 0 Å². The zero-order chi connectivity index (χ0) is 19.3. The van der Waals surface area contributed by atoms with Gasteiger partial charge in [-0.1, -0.05) is 44.1 Å². The van der Waals surface area contributed by atoms with Gasteiger partial charge in [-0.3, -0.25) is 4.79 Å². The minimum Gasteiger partial charge on any atom is -0.481 e. The quantitative estimate of drug-likeness (QED) is 0.229. The average Bonchev–Trinajstić information content (AvgIpc) is 2.47. The predicted molar refractivity (Wildman–Crippen MR) is 98.1 cm³/mol. The molecule has 6 heteroatoms. The number of likely N-dealkylation sites (N-methyl/N-ethyl adjacent to an activating group) is 1. The zero-order valence-corrected chi connectivity index (χ0v) is 16.0. The molecular weight excluding hydrogens is 322 g/mol. The highest BCUT2D eigenvalue weighted by molar-refractivity contribution is 5.75. The molecule has 0 aliphatic rings. The van der Waals surface area contributed by atoms with E-state index in [2.05, 4.69) is 13.0 Å². The molecule has 144 valence electrons. The molecule has 2 N–H and O–H groups in total. The molecule has 0 aliphatic carbocycles. The molecule has 0 aromatic heterocycles. The van der Waals surface area contributed by atoms with Gasteiger partial charge in [0.05, 0.1) is 27.6 Å². The van der Waals surface area contributed by atoms with Crippen molar-refractivity contribution in [2.75, 3.05) is 27.7 Å².